The van der Waals surface area contributed by atoms with E-state index in [0.29, 0.717) is 34.8 Å². The Hall–Kier alpha value is -3.88. The third-order valence-electron chi connectivity index (χ3n) is 7.01. The van der Waals surface area contributed by atoms with Gasteiger partial charge in [-0.3, -0.25) is 19.8 Å². The van der Waals surface area contributed by atoms with Crippen molar-refractivity contribution >= 4 is 34.9 Å². The van der Waals surface area contributed by atoms with Crippen LogP contribution < -0.4 is 15.5 Å². The standard InChI is InChI=1S/C28H35N5O4/c1-19-11-9-13-22(17-19)29-28(36)30-26-27(35)32(18-24(34)31-15-7-5-4-6-8-16-31)25-20(2)12-10-14-23(25)21(3)33(26)37/h9-14,17,26H,4-8,15-16,18H2,1-3H3,(H2,29,30,36). The van der Waals surface area contributed by atoms with Crippen LogP contribution in [-0.4, -0.2) is 59.0 Å². The molecule has 4 amide bonds. The number of carbonyl (C=O) groups is 3. The number of rotatable bonds is 4. The van der Waals surface area contributed by atoms with Crippen molar-refractivity contribution in [2.45, 2.75) is 59.0 Å². The van der Waals surface area contributed by atoms with E-state index in [-0.39, 0.29) is 18.2 Å². The van der Waals surface area contributed by atoms with Gasteiger partial charge in [0.15, 0.2) is 5.71 Å². The van der Waals surface area contributed by atoms with Gasteiger partial charge in [-0.15, -0.1) is 0 Å². The number of fused-ring (bicyclic) bond motifs is 1. The third kappa shape index (κ3) is 5.93. The summed E-state index contributed by atoms with van der Waals surface area (Å²) in [6.07, 6.45) is 3.66. The molecular formula is C28H35N5O4. The second-order valence-electron chi connectivity index (χ2n) is 9.83. The maximum Gasteiger partial charge on any atom is 0.324 e. The van der Waals surface area contributed by atoms with E-state index in [4.69, 9.17) is 0 Å². The first kappa shape index (κ1) is 26.2. The number of para-hydroxylation sites is 1. The second kappa shape index (κ2) is 11.5. The molecular weight excluding hydrogens is 470 g/mol. The van der Waals surface area contributed by atoms with Gasteiger partial charge in [-0.2, -0.15) is 4.74 Å². The zero-order valence-corrected chi connectivity index (χ0v) is 21.8. The Morgan fingerprint density at radius 3 is 2.38 bits per heavy atom. The van der Waals surface area contributed by atoms with Gasteiger partial charge in [0.25, 0.3) is 0 Å². The predicted molar refractivity (Wildman–Crippen MR) is 144 cm³/mol. The molecule has 2 aliphatic rings. The fourth-order valence-corrected chi connectivity index (χ4v) is 5.00. The van der Waals surface area contributed by atoms with Gasteiger partial charge in [0.1, 0.15) is 6.54 Å². The van der Waals surface area contributed by atoms with Crippen molar-refractivity contribution in [2.24, 2.45) is 0 Å². The number of anilines is 2. The van der Waals surface area contributed by atoms with E-state index in [9.17, 15) is 19.6 Å². The van der Waals surface area contributed by atoms with Crippen molar-refractivity contribution in [3.8, 4) is 0 Å². The molecule has 0 spiro atoms. The Balaban J connectivity index is 1.64. The largest absolute Gasteiger partial charge is 0.622 e. The lowest BCUT2D eigenvalue weighted by atomic mass is 10.0. The highest BCUT2D eigenvalue weighted by atomic mass is 16.5. The minimum Gasteiger partial charge on any atom is -0.622 e. The van der Waals surface area contributed by atoms with E-state index in [1.807, 2.05) is 36.9 Å². The van der Waals surface area contributed by atoms with Gasteiger partial charge in [0.2, 0.25) is 5.91 Å². The van der Waals surface area contributed by atoms with Gasteiger partial charge in [-0.05, 0) is 56.0 Å². The highest BCUT2D eigenvalue weighted by Crippen LogP contribution is 2.29. The van der Waals surface area contributed by atoms with Crippen LogP contribution >= 0.6 is 0 Å². The maximum absolute atomic E-state index is 13.9. The summed E-state index contributed by atoms with van der Waals surface area (Å²) >= 11 is 0. The van der Waals surface area contributed by atoms with Gasteiger partial charge < -0.3 is 15.4 Å². The van der Waals surface area contributed by atoms with Gasteiger partial charge in [0.05, 0.1) is 11.3 Å². The SMILES string of the molecule is CC1=[N+]([O-])C(NC(=O)Nc2cccc(C)c2)C(=O)N(CC(=O)N2CCCCCCC2)c2c(C)cccc21. The van der Waals surface area contributed by atoms with Crippen LogP contribution in [0, 0.1) is 19.1 Å². The fraction of sp³-hybridized carbons (Fsp3) is 0.429. The van der Waals surface area contributed by atoms with E-state index in [2.05, 4.69) is 10.6 Å². The molecule has 4 rings (SSSR count). The quantitative estimate of drug-likeness (QED) is 0.485. The summed E-state index contributed by atoms with van der Waals surface area (Å²) in [7, 11) is 0. The maximum atomic E-state index is 13.9. The molecule has 0 bridgehead atoms. The molecule has 1 atom stereocenters. The number of likely N-dealkylation sites (tertiary alicyclic amines) is 1. The van der Waals surface area contributed by atoms with Crippen molar-refractivity contribution in [1.29, 1.82) is 0 Å². The van der Waals surface area contributed by atoms with Gasteiger partial charge in [0, 0.05) is 25.7 Å². The van der Waals surface area contributed by atoms with Crippen LogP contribution in [0.1, 0.15) is 55.7 Å². The first-order valence-electron chi connectivity index (χ1n) is 12.9. The van der Waals surface area contributed by atoms with E-state index in [1.165, 1.54) is 11.3 Å². The van der Waals surface area contributed by atoms with Crippen LogP contribution in [0.15, 0.2) is 42.5 Å². The van der Waals surface area contributed by atoms with Gasteiger partial charge in [-0.1, -0.05) is 43.5 Å². The van der Waals surface area contributed by atoms with Crippen LogP contribution in [0.2, 0.25) is 0 Å². The zero-order valence-electron chi connectivity index (χ0n) is 21.8. The zero-order chi connectivity index (χ0) is 26.5. The van der Waals surface area contributed by atoms with Crippen molar-refractivity contribution in [3.63, 3.8) is 0 Å². The molecule has 9 heteroatoms. The number of carbonyl (C=O) groups excluding carboxylic acids is 3. The summed E-state index contributed by atoms with van der Waals surface area (Å²) < 4.78 is 0.525. The Kier molecular flexibility index (Phi) is 8.11. The summed E-state index contributed by atoms with van der Waals surface area (Å²) in [5, 5.41) is 18.6. The monoisotopic (exact) mass is 505 g/mol. The first-order valence-corrected chi connectivity index (χ1v) is 12.9. The Morgan fingerprint density at radius 2 is 1.68 bits per heavy atom. The summed E-state index contributed by atoms with van der Waals surface area (Å²) in [5.41, 5.74) is 3.64. The number of benzodiazepines with no additional fused rings is 1. The number of hydrogen-bond donors (Lipinski definition) is 2. The fourth-order valence-electron chi connectivity index (χ4n) is 5.00. The van der Waals surface area contributed by atoms with Crippen molar-refractivity contribution in [1.82, 2.24) is 10.2 Å². The summed E-state index contributed by atoms with van der Waals surface area (Å²) in [6.45, 7) is 6.48. The van der Waals surface area contributed by atoms with Crippen molar-refractivity contribution < 1.29 is 19.1 Å². The Bertz CT molecular complexity index is 1220. The second-order valence-corrected chi connectivity index (χ2v) is 9.83. The molecule has 0 saturated carbocycles. The number of benzene rings is 2. The number of hydrogen-bond acceptors (Lipinski definition) is 4. The lowest BCUT2D eigenvalue weighted by Gasteiger charge is -2.30. The molecule has 2 aliphatic heterocycles. The van der Waals surface area contributed by atoms with Crippen LogP contribution in [0.4, 0.5) is 16.2 Å². The predicted octanol–water partition coefficient (Wildman–Crippen LogP) is 3.91. The molecule has 1 saturated heterocycles. The molecule has 0 aromatic heterocycles. The van der Waals surface area contributed by atoms with Crippen molar-refractivity contribution in [2.75, 3.05) is 29.9 Å². The Morgan fingerprint density at radius 1 is 1.00 bits per heavy atom. The van der Waals surface area contributed by atoms with E-state index in [1.54, 1.807) is 31.2 Å². The average molecular weight is 506 g/mol. The topological polar surface area (TPSA) is 108 Å². The minimum atomic E-state index is -1.53. The molecule has 2 N–H and O–H groups in total. The van der Waals surface area contributed by atoms with Crippen molar-refractivity contribution in [3.05, 3.63) is 64.4 Å². The number of amides is 4. The number of urea groups is 1. The van der Waals surface area contributed by atoms with Gasteiger partial charge >= 0.3 is 18.1 Å². The highest BCUT2D eigenvalue weighted by molar-refractivity contribution is 6.11. The van der Waals surface area contributed by atoms with Crippen LogP contribution in [0.5, 0.6) is 0 Å². The molecule has 2 aromatic rings. The van der Waals surface area contributed by atoms with E-state index >= 15 is 0 Å². The average Bonchev–Trinajstić information content (AvgIpc) is 2.90. The lowest BCUT2D eigenvalue weighted by Crippen LogP contribution is -2.56. The molecule has 37 heavy (non-hydrogen) atoms. The number of nitrogens with zero attached hydrogens (tertiary/aromatic N) is 3. The molecule has 1 fully saturated rings. The summed E-state index contributed by atoms with van der Waals surface area (Å²) in [6, 6.07) is 11.9. The van der Waals surface area contributed by atoms with E-state index < -0.39 is 18.1 Å². The molecule has 2 aromatic carbocycles. The summed E-state index contributed by atoms with van der Waals surface area (Å²) in [5.74, 6) is -0.813. The highest BCUT2D eigenvalue weighted by Gasteiger charge is 2.41. The van der Waals surface area contributed by atoms with Gasteiger partial charge in [-0.25, -0.2) is 4.79 Å². The molecule has 196 valence electrons. The normalized spacial score (nSPS) is 18.5. The first-order chi connectivity index (χ1) is 17.8. The number of nitrogens with one attached hydrogen (secondary N) is 2. The van der Waals surface area contributed by atoms with Crippen LogP contribution in [0.25, 0.3) is 0 Å². The third-order valence-corrected chi connectivity index (χ3v) is 7.01. The number of aryl methyl sites for hydroxylation is 2. The lowest BCUT2D eigenvalue weighted by molar-refractivity contribution is -0.489. The molecule has 0 aliphatic carbocycles. The number of hydroxylamine groups is 1. The Labute approximate surface area is 217 Å². The van der Waals surface area contributed by atoms with E-state index in [0.717, 1.165) is 36.8 Å². The summed E-state index contributed by atoms with van der Waals surface area (Å²) in [4.78, 5) is 43.3. The minimum absolute atomic E-state index is 0.163. The molecule has 1 unspecified atom stereocenters. The smallest absolute Gasteiger partial charge is 0.324 e. The van der Waals surface area contributed by atoms with Crippen LogP contribution in [-0.2, 0) is 9.59 Å². The van der Waals surface area contributed by atoms with Crippen LogP contribution in [0.3, 0.4) is 0 Å². The molecule has 0 radical (unpaired) electrons. The molecule has 9 nitrogen and oxygen atoms in total. The molecule has 2 heterocycles.